The zero-order chi connectivity index (χ0) is 12.4. The van der Waals surface area contributed by atoms with Crippen LogP contribution < -0.4 is 0 Å². The van der Waals surface area contributed by atoms with Crippen LogP contribution in [0, 0.1) is 5.92 Å². The molecular weight excluding hydrogens is 230 g/mol. The molecule has 92 valence electrons. The highest BCUT2D eigenvalue weighted by molar-refractivity contribution is 7.80. The predicted molar refractivity (Wildman–Crippen MR) is 72.6 cm³/mol. The van der Waals surface area contributed by atoms with Gasteiger partial charge in [-0.25, -0.2) is 0 Å². The maximum absolute atomic E-state index is 12.4. The number of rotatable bonds is 2. The van der Waals surface area contributed by atoms with Crippen molar-refractivity contribution in [1.29, 1.82) is 0 Å². The first kappa shape index (κ1) is 12.5. The number of amides is 1. The Hall–Kier alpha value is -0.960. The summed E-state index contributed by atoms with van der Waals surface area (Å²) >= 11 is 4.28. The van der Waals surface area contributed by atoms with Gasteiger partial charge in [0.2, 0.25) is 0 Å². The first-order valence-electron chi connectivity index (χ1n) is 6.19. The van der Waals surface area contributed by atoms with Crippen molar-refractivity contribution >= 4 is 18.5 Å². The molecule has 17 heavy (non-hydrogen) atoms. The second-order valence-corrected chi connectivity index (χ2v) is 5.52. The quantitative estimate of drug-likeness (QED) is 0.798. The van der Waals surface area contributed by atoms with E-state index in [0.29, 0.717) is 12.0 Å². The van der Waals surface area contributed by atoms with E-state index in [1.165, 1.54) is 0 Å². The zero-order valence-electron chi connectivity index (χ0n) is 10.4. The topological polar surface area (TPSA) is 20.3 Å². The summed E-state index contributed by atoms with van der Waals surface area (Å²) in [5.41, 5.74) is 0.755. The molecule has 1 aliphatic heterocycles. The summed E-state index contributed by atoms with van der Waals surface area (Å²) in [6.07, 6.45) is 2.25. The number of thiol groups is 1. The SMILES string of the molecule is CC(C)C1CCCN1C(=O)c1cccc(S)c1. The highest BCUT2D eigenvalue weighted by atomic mass is 32.1. The molecule has 0 N–H and O–H groups in total. The maximum atomic E-state index is 12.4. The second kappa shape index (κ2) is 5.13. The molecule has 0 spiro atoms. The summed E-state index contributed by atoms with van der Waals surface area (Å²) in [5, 5.41) is 0. The molecule has 1 atom stereocenters. The molecule has 0 radical (unpaired) electrons. The lowest BCUT2D eigenvalue weighted by Gasteiger charge is -2.27. The Morgan fingerprint density at radius 2 is 2.24 bits per heavy atom. The average Bonchev–Trinajstić information content (AvgIpc) is 2.77. The minimum absolute atomic E-state index is 0.150. The van der Waals surface area contributed by atoms with Gasteiger partial charge in [-0.05, 0) is 37.0 Å². The Bertz CT molecular complexity index is 416. The van der Waals surface area contributed by atoms with E-state index < -0.39 is 0 Å². The number of carbonyl (C=O) groups excluding carboxylic acids is 1. The van der Waals surface area contributed by atoms with Gasteiger partial charge in [0.1, 0.15) is 0 Å². The Morgan fingerprint density at radius 1 is 1.47 bits per heavy atom. The van der Waals surface area contributed by atoms with Gasteiger partial charge >= 0.3 is 0 Å². The second-order valence-electron chi connectivity index (χ2n) is 5.00. The van der Waals surface area contributed by atoms with Gasteiger partial charge in [-0.2, -0.15) is 0 Å². The third-order valence-electron chi connectivity index (χ3n) is 3.42. The van der Waals surface area contributed by atoms with Crippen LogP contribution in [0.2, 0.25) is 0 Å². The van der Waals surface area contributed by atoms with Crippen molar-refractivity contribution in [2.45, 2.75) is 37.6 Å². The van der Waals surface area contributed by atoms with E-state index >= 15 is 0 Å². The molecule has 0 saturated carbocycles. The van der Waals surface area contributed by atoms with Crippen molar-refractivity contribution in [2.24, 2.45) is 5.92 Å². The minimum atomic E-state index is 0.150. The fourth-order valence-electron chi connectivity index (χ4n) is 2.54. The van der Waals surface area contributed by atoms with E-state index in [0.717, 1.165) is 29.8 Å². The van der Waals surface area contributed by atoms with Crippen LogP contribution in [-0.2, 0) is 0 Å². The summed E-state index contributed by atoms with van der Waals surface area (Å²) in [6, 6.07) is 7.89. The van der Waals surface area contributed by atoms with E-state index in [1.807, 2.05) is 29.2 Å². The molecule has 1 aliphatic rings. The van der Waals surface area contributed by atoms with Gasteiger partial charge in [0, 0.05) is 23.0 Å². The molecule has 0 aliphatic carbocycles. The minimum Gasteiger partial charge on any atom is -0.335 e. The van der Waals surface area contributed by atoms with Crippen LogP contribution in [0.4, 0.5) is 0 Å². The predicted octanol–water partition coefficient (Wildman–Crippen LogP) is 3.24. The number of hydrogen-bond donors (Lipinski definition) is 1. The molecule has 2 nitrogen and oxygen atoms in total. The van der Waals surface area contributed by atoms with Crippen LogP contribution in [0.3, 0.4) is 0 Å². The van der Waals surface area contributed by atoms with Crippen LogP contribution >= 0.6 is 12.6 Å². The first-order chi connectivity index (χ1) is 8.09. The lowest BCUT2D eigenvalue weighted by molar-refractivity contribution is 0.0701. The monoisotopic (exact) mass is 249 g/mol. The molecule has 1 aromatic rings. The van der Waals surface area contributed by atoms with Crippen molar-refractivity contribution < 1.29 is 4.79 Å². The van der Waals surface area contributed by atoms with Crippen LogP contribution in [0.1, 0.15) is 37.0 Å². The van der Waals surface area contributed by atoms with Gasteiger partial charge < -0.3 is 4.90 Å². The van der Waals surface area contributed by atoms with E-state index in [-0.39, 0.29) is 5.91 Å². The van der Waals surface area contributed by atoms with Gasteiger partial charge in [-0.15, -0.1) is 12.6 Å². The van der Waals surface area contributed by atoms with Crippen molar-refractivity contribution in [3.63, 3.8) is 0 Å². The molecule has 1 fully saturated rings. The van der Waals surface area contributed by atoms with E-state index in [1.54, 1.807) is 0 Å². The van der Waals surface area contributed by atoms with Crippen molar-refractivity contribution in [1.82, 2.24) is 4.90 Å². The number of likely N-dealkylation sites (tertiary alicyclic amines) is 1. The molecule has 1 saturated heterocycles. The van der Waals surface area contributed by atoms with Crippen molar-refractivity contribution in [3.05, 3.63) is 29.8 Å². The first-order valence-corrected chi connectivity index (χ1v) is 6.64. The van der Waals surface area contributed by atoms with E-state index in [2.05, 4.69) is 26.5 Å². The molecule has 1 aromatic carbocycles. The Morgan fingerprint density at radius 3 is 2.88 bits per heavy atom. The van der Waals surface area contributed by atoms with Gasteiger partial charge in [-0.1, -0.05) is 19.9 Å². The molecule has 3 heteroatoms. The molecule has 1 unspecified atom stereocenters. The van der Waals surface area contributed by atoms with Gasteiger partial charge in [0.05, 0.1) is 0 Å². The van der Waals surface area contributed by atoms with Crippen LogP contribution in [0.25, 0.3) is 0 Å². The molecule has 1 heterocycles. The Labute approximate surface area is 108 Å². The molecule has 0 aromatic heterocycles. The van der Waals surface area contributed by atoms with Gasteiger partial charge in [0.15, 0.2) is 0 Å². The zero-order valence-corrected chi connectivity index (χ0v) is 11.3. The molecule has 1 amide bonds. The normalized spacial score (nSPS) is 20.0. The van der Waals surface area contributed by atoms with Crippen LogP contribution in [0.15, 0.2) is 29.2 Å². The summed E-state index contributed by atoms with van der Waals surface area (Å²) in [7, 11) is 0. The Kier molecular flexibility index (Phi) is 3.77. The third-order valence-corrected chi connectivity index (χ3v) is 3.70. The highest BCUT2D eigenvalue weighted by Gasteiger charge is 2.31. The summed E-state index contributed by atoms with van der Waals surface area (Å²) in [6.45, 7) is 5.26. The van der Waals surface area contributed by atoms with Crippen molar-refractivity contribution in [2.75, 3.05) is 6.54 Å². The standard InChI is InChI=1S/C14H19NOS/c1-10(2)13-7-4-8-15(13)14(16)11-5-3-6-12(17)9-11/h3,5-6,9-10,13,17H,4,7-8H2,1-2H3. The average molecular weight is 249 g/mol. The number of nitrogens with zero attached hydrogens (tertiary/aromatic N) is 1. The third kappa shape index (κ3) is 2.65. The maximum Gasteiger partial charge on any atom is 0.254 e. The fourth-order valence-corrected chi connectivity index (χ4v) is 2.77. The molecule has 0 bridgehead atoms. The number of benzene rings is 1. The highest BCUT2D eigenvalue weighted by Crippen LogP contribution is 2.25. The number of carbonyl (C=O) groups is 1. The largest absolute Gasteiger partial charge is 0.335 e. The smallest absolute Gasteiger partial charge is 0.254 e. The van der Waals surface area contributed by atoms with E-state index in [9.17, 15) is 4.79 Å². The molecule has 2 rings (SSSR count). The van der Waals surface area contributed by atoms with Crippen LogP contribution in [0.5, 0.6) is 0 Å². The van der Waals surface area contributed by atoms with Crippen LogP contribution in [-0.4, -0.2) is 23.4 Å². The van der Waals surface area contributed by atoms with Crippen molar-refractivity contribution in [3.8, 4) is 0 Å². The summed E-state index contributed by atoms with van der Waals surface area (Å²) in [5.74, 6) is 0.678. The summed E-state index contributed by atoms with van der Waals surface area (Å²) < 4.78 is 0. The lowest BCUT2D eigenvalue weighted by Crippen LogP contribution is -2.38. The molecular formula is C14H19NOS. The number of hydrogen-bond acceptors (Lipinski definition) is 2. The van der Waals surface area contributed by atoms with Gasteiger partial charge in [0.25, 0.3) is 5.91 Å². The van der Waals surface area contributed by atoms with E-state index in [4.69, 9.17) is 0 Å². The fraction of sp³-hybridized carbons (Fsp3) is 0.500. The Balaban J connectivity index is 2.20. The summed E-state index contributed by atoms with van der Waals surface area (Å²) in [4.78, 5) is 15.3. The lowest BCUT2D eigenvalue weighted by atomic mass is 10.0. The van der Waals surface area contributed by atoms with Gasteiger partial charge in [-0.3, -0.25) is 4.79 Å².